The lowest BCUT2D eigenvalue weighted by atomic mass is 9.75. The Balaban J connectivity index is 1.66. The molecule has 0 unspecified atom stereocenters. The molecule has 0 aliphatic carbocycles. The van der Waals surface area contributed by atoms with E-state index in [4.69, 9.17) is 13.9 Å². The van der Waals surface area contributed by atoms with Crippen molar-refractivity contribution >= 4 is 0 Å². The normalized spacial score (nSPS) is 37.4. The third kappa shape index (κ3) is 2.13. The van der Waals surface area contributed by atoms with Crippen LogP contribution in [0.4, 0.5) is 0 Å². The number of furan rings is 1. The van der Waals surface area contributed by atoms with Crippen LogP contribution in [0.25, 0.3) is 0 Å². The zero-order valence-corrected chi connectivity index (χ0v) is 12.4. The molecule has 3 rings (SSSR count). The Kier molecular flexibility index (Phi) is 3.02. The molecule has 3 heterocycles. The van der Waals surface area contributed by atoms with Gasteiger partial charge in [0.05, 0.1) is 17.3 Å². The van der Waals surface area contributed by atoms with Gasteiger partial charge in [0.15, 0.2) is 0 Å². The Morgan fingerprint density at radius 2 is 2.16 bits per heavy atom. The lowest BCUT2D eigenvalue weighted by molar-refractivity contribution is -0.0975. The van der Waals surface area contributed by atoms with Crippen molar-refractivity contribution in [2.45, 2.75) is 70.9 Å². The van der Waals surface area contributed by atoms with Gasteiger partial charge in [-0.1, -0.05) is 13.8 Å². The van der Waals surface area contributed by atoms with Gasteiger partial charge in [-0.05, 0) is 44.7 Å². The van der Waals surface area contributed by atoms with E-state index in [9.17, 15) is 0 Å². The maximum atomic E-state index is 6.36. The highest BCUT2D eigenvalue weighted by molar-refractivity contribution is 5.10. The highest BCUT2D eigenvalue weighted by atomic mass is 16.6. The van der Waals surface area contributed by atoms with Crippen molar-refractivity contribution < 1.29 is 13.9 Å². The molecule has 0 aromatic carbocycles. The minimum absolute atomic E-state index is 0.0402. The number of ether oxygens (including phenoxy) is 2. The minimum atomic E-state index is -0.105. The third-order valence-electron chi connectivity index (χ3n) is 4.97. The highest BCUT2D eigenvalue weighted by Crippen LogP contribution is 2.55. The lowest BCUT2D eigenvalue weighted by Gasteiger charge is -2.31. The Morgan fingerprint density at radius 3 is 2.74 bits per heavy atom. The first-order valence-corrected chi connectivity index (χ1v) is 7.31. The van der Waals surface area contributed by atoms with Crippen LogP contribution in [0.3, 0.4) is 0 Å². The molecule has 0 N–H and O–H groups in total. The topological polar surface area (TPSA) is 31.6 Å². The van der Waals surface area contributed by atoms with E-state index in [0.29, 0.717) is 12.5 Å². The number of fused-ring (bicyclic) bond motifs is 2. The van der Waals surface area contributed by atoms with Crippen LogP contribution in [-0.4, -0.2) is 17.3 Å². The molecular weight excluding hydrogens is 240 g/mol. The quantitative estimate of drug-likeness (QED) is 0.828. The molecule has 3 atom stereocenters. The Bertz CT molecular complexity index is 464. The van der Waals surface area contributed by atoms with E-state index in [1.807, 2.05) is 19.1 Å². The summed E-state index contributed by atoms with van der Waals surface area (Å²) in [6, 6.07) is 3.97. The maximum Gasteiger partial charge on any atom is 0.129 e. The van der Waals surface area contributed by atoms with Crippen molar-refractivity contribution in [1.82, 2.24) is 0 Å². The van der Waals surface area contributed by atoms with E-state index in [2.05, 4.69) is 20.8 Å². The average molecular weight is 264 g/mol. The van der Waals surface area contributed by atoms with Gasteiger partial charge in [0, 0.05) is 6.42 Å². The molecule has 0 spiro atoms. The van der Waals surface area contributed by atoms with Gasteiger partial charge < -0.3 is 13.9 Å². The summed E-state index contributed by atoms with van der Waals surface area (Å²) >= 11 is 0. The SMILES string of the molecule is Cc1ccc(CO[C@H]2C[C@]3(C(C)C)CC[C@@]2(C)O3)o1. The molecule has 1 aromatic heterocycles. The second kappa shape index (κ2) is 4.35. The summed E-state index contributed by atoms with van der Waals surface area (Å²) < 4.78 is 18.0. The van der Waals surface area contributed by atoms with Crippen LogP contribution in [0.5, 0.6) is 0 Å². The largest absolute Gasteiger partial charge is 0.464 e. The number of aryl methyl sites for hydroxylation is 1. The lowest BCUT2D eigenvalue weighted by Crippen LogP contribution is -2.38. The summed E-state index contributed by atoms with van der Waals surface area (Å²) in [6.07, 6.45) is 3.48. The highest BCUT2D eigenvalue weighted by Gasteiger charge is 2.60. The molecule has 1 aromatic rings. The van der Waals surface area contributed by atoms with E-state index in [-0.39, 0.29) is 17.3 Å². The predicted molar refractivity (Wildman–Crippen MR) is 72.9 cm³/mol. The summed E-state index contributed by atoms with van der Waals surface area (Å²) in [4.78, 5) is 0. The first-order chi connectivity index (χ1) is 8.93. The molecule has 2 saturated heterocycles. The number of hydrogen-bond acceptors (Lipinski definition) is 3. The molecule has 0 saturated carbocycles. The van der Waals surface area contributed by atoms with E-state index < -0.39 is 0 Å². The summed E-state index contributed by atoms with van der Waals surface area (Å²) in [6.45, 7) is 9.21. The van der Waals surface area contributed by atoms with Gasteiger partial charge in [-0.25, -0.2) is 0 Å². The standard InChI is InChI=1S/C16H24O3/c1-11(2)16-8-7-15(4,19-16)14(9-16)17-10-13-6-5-12(3)18-13/h5-6,11,14H,7-10H2,1-4H3/t14-,15+,16-/m0/s1. The zero-order valence-electron chi connectivity index (χ0n) is 12.4. The first-order valence-electron chi connectivity index (χ1n) is 7.31. The van der Waals surface area contributed by atoms with Crippen molar-refractivity contribution in [1.29, 1.82) is 0 Å². The Morgan fingerprint density at radius 1 is 1.37 bits per heavy atom. The van der Waals surface area contributed by atoms with Crippen LogP contribution in [0.2, 0.25) is 0 Å². The number of rotatable bonds is 4. The smallest absolute Gasteiger partial charge is 0.129 e. The van der Waals surface area contributed by atoms with Crippen molar-refractivity contribution in [2.75, 3.05) is 0 Å². The summed E-state index contributed by atoms with van der Waals surface area (Å²) in [7, 11) is 0. The van der Waals surface area contributed by atoms with E-state index in [0.717, 1.165) is 24.4 Å². The second-order valence-electron chi connectivity index (χ2n) is 6.65. The van der Waals surface area contributed by atoms with Gasteiger partial charge in [-0.3, -0.25) is 0 Å². The molecular formula is C16H24O3. The first kappa shape index (κ1) is 13.2. The van der Waals surface area contributed by atoms with Crippen LogP contribution in [0.15, 0.2) is 16.5 Å². The average Bonchev–Trinajstić information content (AvgIpc) is 2.98. The van der Waals surface area contributed by atoms with Crippen molar-refractivity contribution in [3.8, 4) is 0 Å². The van der Waals surface area contributed by atoms with Gasteiger partial charge >= 0.3 is 0 Å². The molecule has 106 valence electrons. The van der Waals surface area contributed by atoms with Gasteiger partial charge in [0.2, 0.25) is 0 Å². The molecule has 3 heteroatoms. The van der Waals surface area contributed by atoms with Gasteiger partial charge in [-0.2, -0.15) is 0 Å². The summed E-state index contributed by atoms with van der Waals surface area (Å²) in [5.41, 5.74) is -0.0651. The second-order valence-corrected chi connectivity index (χ2v) is 6.65. The van der Waals surface area contributed by atoms with Crippen molar-refractivity contribution in [3.63, 3.8) is 0 Å². The molecule has 2 aliphatic rings. The Hall–Kier alpha value is -0.800. The van der Waals surface area contributed by atoms with Crippen LogP contribution < -0.4 is 0 Å². The fraction of sp³-hybridized carbons (Fsp3) is 0.750. The molecule has 2 aliphatic heterocycles. The molecule has 19 heavy (non-hydrogen) atoms. The van der Waals surface area contributed by atoms with Crippen LogP contribution in [-0.2, 0) is 16.1 Å². The third-order valence-corrected chi connectivity index (χ3v) is 4.97. The van der Waals surface area contributed by atoms with Gasteiger partial charge in [-0.15, -0.1) is 0 Å². The molecule has 2 bridgehead atoms. The predicted octanol–water partition coefficient (Wildman–Crippen LogP) is 3.84. The monoisotopic (exact) mass is 264 g/mol. The van der Waals surface area contributed by atoms with Crippen molar-refractivity contribution in [3.05, 3.63) is 23.7 Å². The maximum absolute atomic E-state index is 6.36. The fourth-order valence-electron chi connectivity index (χ4n) is 3.55. The molecule has 2 fully saturated rings. The molecule has 0 radical (unpaired) electrons. The Labute approximate surface area is 115 Å². The summed E-state index contributed by atoms with van der Waals surface area (Å²) in [5, 5.41) is 0. The zero-order chi connectivity index (χ0) is 13.7. The molecule has 0 amide bonds. The fourth-order valence-corrected chi connectivity index (χ4v) is 3.55. The van der Waals surface area contributed by atoms with Gasteiger partial charge in [0.1, 0.15) is 18.1 Å². The van der Waals surface area contributed by atoms with E-state index >= 15 is 0 Å². The van der Waals surface area contributed by atoms with E-state index in [1.165, 1.54) is 6.42 Å². The number of hydrogen-bond donors (Lipinski definition) is 0. The van der Waals surface area contributed by atoms with Crippen LogP contribution >= 0.6 is 0 Å². The molecule has 3 nitrogen and oxygen atoms in total. The van der Waals surface area contributed by atoms with Crippen LogP contribution in [0.1, 0.15) is 51.6 Å². The van der Waals surface area contributed by atoms with Crippen LogP contribution in [0, 0.1) is 12.8 Å². The minimum Gasteiger partial charge on any atom is -0.464 e. The van der Waals surface area contributed by atoms with E-state index in [1.54, 1.807) is 0 Å². The van der Waals surface area contributed by atoms with Crippen molar-refractivity contribution in [2.24, 2.45) is 5.92 Å². The van der Waals surface area contributed by atoms with Gasteiger partial charge in [0.25, 0.3) is 0 Å². The summed E-state index contributed by atoms with van der Waals surface area (Å²) in [5.74, 6) is 2.39.